The Morgan fingerprint density at radius 2 is 1.97 bits per heavy atom. The first-order valence-electron chi connectivity index (χ1n) is 11.6. The van der Waals surface area contributed by atoms with Crippen molar-refractivity contribution >= 4 is 45.7 Å². The van der Waals surface area contributed by atoms with E-state index in [-0.39, 0.29) is 18.0 Å². The number of furan rings is 1. The number of ether oxygens (including phenoxy) is 2. The summed E-state index contributed by atoms with van der Waals surface area (Å²) in [6.45, 7) is 3.63. The van der Waals surface area contributed by atoms with Gasteiger partial charge in [-0.15, -0.1) is 0 Å². The van der Waals surface area contributed by atoms with Crippen LogP contribution >= 0.6 is 11.6 Å². The molecule has 0 radical (unpaired) electrons. The fourth-order valence-corrected chi connectivity index (χ4v) is 4.00. The number of aromatic nitrogens is 2. The Labute approximate surface area is 216 Å². The summed E-state index contributed by atoms with van der Waals surface area (Å²) in [6, 6.07) is 21.1. The van der Waals surface area contributed by atoms with Gasteiger partial charge < -0.3 is 13.9 Å². The van der Waals surface area contributed by atoms with Crippen LogP contribution in [0.2, 0.25) is 5.02 Å². The number of hydrogen-bond acceptors (Lipinski definition) is 7. The first kappa shape index (κ1) is 24.3. The molecule has 8 nitrogen and oxygen atoms in total. The molecule has 0 aliphatic carbocycles. The normalized spacial score (nSPS) is 12.3. The number of carbonyl (C=O) groups excluding carboxylic acids is 1. The highest BCUT2D eigenvalue weighted by Crippen LogP contribution is 2.29. The number of halogens is 1. The van der Waals surface area contributed by atoms with Crippen molar-refractivity contribution in [2.24, 2.45) is 5.10 Å². The maximum absolute atomic E-state index is 13.4. The van der Waals surface area contributed by atoms with Crippen molar-refractivity contribution in [2.45, 2.75) is 20.0 Å². The lowest BCUT2D eigenvalue weighted by atomic mass is 10.2. The van der Waals surface area contributed by atoms with E-state index in [4.69, 9.17) is 25.5 Å². The van der Waals surface area contributed by atoms with Crippen LogP contribution in [0.4, 0.5) is 0 Å². The molecule has 0 unspecified atom stereocenters. The molecule has 0 aliphatic rings. The number of esters is 1. The molecule has 0 N–H and O–H groups in total. The summed E-state index contributed by atoms with van der Waals surface area (Å²) in [5, 5.41) is 6.23. The minimum Gasteiger partial charge on any atom is -0.479 e. The van der Waals surface area contributed by atoms with E-state index in [1.54, 1.807) is 80.6 Å². The molecule has 5 aromatic rings. The fraction of sp³-hybridized carbons (Fsp3) is 0.143. The fourth-order valence-electron chi connectivity index (χ4n) is 3.82. The molecule has 0 amide bonds. The average molecular weight is 516 g/mol. The number of carbonyl (C=O) groups is 1. The topological polar surface area (TPSA) is 95.9 Å². The van der Waals surface area contributed by atoms with Gasteiger partial charge in [0.05, 0.1) is 23.7 Å². The molecule has 37 heavy (non-hydrogen) atoms. The van der Waals surface area contributed by atoms with Crippen molar-refractivity contribution in [3.05, 3.63) is 93.7 Å². The van der Waals surface area contributed by atoms with Gasteiger partial charge in [0.2, 0.25) is 5.82 Å². The number of hydrogen-bond donors (Lipinski definition) is 0. The average Bonchev–Trinajstić information content (AvgIpc) is 3.31. The van der Waals surface area contributed by atoms with Crippen LogP contribution in [0.1, 0.15) is 19.4 Å². The summed E-state index contributed by atoms with van der Waals surface area (Å²) in [4.78, 5) is 30.0. The molecule has 9 heteroatoms. The molecule has 2 aromatic heterocycles. The van der Waals surface area contributed by atoms with E-state index in [2.05, 4.69) is 10.1 Å². The third-order valence-corrected chi connectivity index (χ3v) is 5.80. The van der Waals surface area contributed by atoms with Crippen LogP contribution in [0.15, 0.2) is 87.1 Å². The van der Waals surface area contributed by atoms with Crippen LogP contribution in [0.3, 0.4) is 0 Å². The Kier molecular flexibility index (Phi) is 6.74. The van der Waals surface area contributed by atoms with Gasteiger partial charge in [0, 0.05) is 10.4 Å². The smallest absolute Gasteiger partial charge is 0.347 e. The highest BCUT2D eigenvalue weighted by molar-refractivity contribution is 6.31. The largest absolute Gasteiger partial charge is 0.479 e. The summed E-state index contributed by atoms with van der Waals surface area (Å²) in [5.41, 5.74) is 1.43. The summed E-state index contributed by atoms with van der Waals surface area (Å²) in [7, 11) is 0. The molecule has 0 fully saturated rings. The van der Waals surface area contributed by atoms with E-state index in [1.165, 1.54) is 10.9 Å². The maximum atomic E-state index is 13.4. The Hall–Kier alpha value is -4.43. The van der Waals surface area contributed by atoms with Gasteiger partial charge in [-0.2, -0.15) is 9.78 Å². The van der Waals surface area contributed by atoms with E-state index in [0.717, 1.165) is 5.39 Å². The van der Waals surface area contributed by atoms with Crippen LogP contribution in [-0.4, -0.2) is 34.6 Å². The van der Waals surface area contributed by atoms with Crippen LogP contribution in [0.5, 0.6) is 5.75 Å². The number of para-hydroxylation sites is 1. The lowest BCUT2D eigenvalue weighted by Gasteiger charge is -2.13. The lowest BCUT2D eigenvalue weighted by molar-refractivity contribution is -0.150. The predicted molar refractivity (Wildman–Crippen MR) is 142 cm³/mol. The van der Waals surface area contributed by atoms with Crippen molar-refractivity contribution in [1.82, 2.24) is 9.66 Å². The molecular weight excluding hydrogens is 494 g/mol. The van der Waals surface area contributed by atoms with Gasteiger partial charge in [0.25, 0.3) is 5.56 Å². The quantitative estimate of drug-likeness (QED) is 0.204. The predicted octanol–water partition coefficient (Wildman–Crippen LogP) is 5.68. The van der Waals surface area contributed by atoms with Gasteiger partial charge >= 0.3 is 5.97 Å². The Balaban J connectivity index is 1.55. The van der Waals surface area contributed by atoms with Crippen LogP contribution in [0, 0.1) is 0 Å². The van der Waals surface area contributed by atoms with Gasteiger partial charge in [-0.25, -0.2) is 9.78 Å². The van der Waals surface area contributed by atoms with Gasteiger partial charge in [0.1, 0.15) is 11.3 Å². The molecule has 1 atom stereocenters. The summed E-state index contributed by atoms with van der Waals surface area (Å²) in [5.74, 6) is 0.628. The highest BCUT2D eigenvalue weighted by atomic mass is 35.5. The van der Waals surface area contributed by atoms with Crippen molar-refractivity contribution < 1.29 is 18.7 Å². The molecule has 0 bridgehead atoms. The third kappa shape index (κ3) is 5.10. The zero-order valence-corrected chi connectivity index (χ0v) is 20.8. The third-order valence-electron chi connectivity index (χ3n) is 5.56. The van der Waals surface area contributed by atoms with E-state index in [9.17, 15) is 9.59 Å². The van der Waals surface area contributed by atoms with Crippen LogP contribution in [-0.2, 0) is 9.53 Å². The summed E-state index contributed by atoms with van der Waals surface area (Å²) in [6.07, 6.45) is 0.746. The lowest BCUT2D eigenvalue weighted by Crippen LogP contribution is -2.26. The van der Waals surface area contributed by atoms with Gasteiger partial charge in [-0.05, 0) is 67.9 Å². The van der Waals surface area contributed by atoms with Crippen molar-refractivity contribution in [1.29, 1.82) is 0 Å². The monoisotopic (exact) mass is 515 g/mol. The second-order valence-corrected chi connectivity index (χ2v) is 8.63. The van der Waals surface area contributed by atoms with E-state index in [0.29, 0.717) is 38.6 Å². The number of benzene rings is 3. The van der Waals surface area contributed by atoms with Gasteiger partial charge in [-0.3, -0.25) is 4.79 Å². The minimum absolute atomic E-state index is 0.246. The minimum atomic E-state index is -0.771. The van der Waals surface area contributed by atoms with Crippen LogP contribution < -0.4 is 10.3 Å². The van der Waals surface area contributed by atoms with Gasteiger partial charge in [0.15, 0.2) is 11.9 Å². The highest BCUT2D eigenvalue weighted by Gasteiger charge is 2.17. The number of nitrogens with zero attached hydrogens (tertiary/aromatic N) is 3. The van der Waals surface area contributed by atoms with E-state index >= 15 is 0 Å². The number of fused-ring (bicyclic) bond motifs is 2. The molecule has 0 spiro atoms. The molecule has 0 saturated heterocycles. The molecule has 5 rings (SSSR count). The second-order valence-electron chi connectivity index (χ2n) is 8.19. The molecule has 3 aromatic carbocycles. The molecule has 2 heterocycles. The maximum Gasteiger partial charge on any atom is 0.347 e. The second kappa shape index (κ2) is 10.3. The summed E-state index contributed by atoms with van der Waals surface area (Å²) >= 11 is 6.13. The SMILES string of the molecule is CCOC(=O)[C@@H](C)Oc1cccc(C=Nn2c(-c3cc4cc(Cl)ccc4o3)nc3ccccc3c2=O)c1. The standard InChI is InChI=1S/C28H22ClN3O5/c1-3-35-28(34)17(2)36-21-8-6-7-18(13-21)16-30-32-26(31-23-10-5-4-9-22(23)27(32)33)25-15-19-14-20(29)11-12-24(19)37-25/h4-17H,3H2,1-2H3/t17-/m1/s1. The van der Waals surface area contributed by atoms with E-state index in [1.807, 2.05) is 6.07 Å². The first-order chi connectivity index (χ1) is 17.9. The molecule has 0 aliphatic heterocycles. The zero-order valence-electron chi connectivity index (χ0n) is 20.1. The Morgan fingerprint density at radius 1 is 1.14 bits per heavy atom. The molecule has 0 saturated carbocycles. The zero-order chi connectivity index (χ0) is 25.9. The Bertz CT molecular complexity index is 1710. The summed E-state index contributed by atoms with van der Waals surface area (Å²) < 4.78 is 17.9. The van der Waals surface area contributed by atoms with Crippen molar-refractivity contribution in [3.8, 4) is 17.3 Å². The molecular formula is C28H22ClN3O5. The van der Waals surface area contributed by atoms with Crippen molar-refractivity contribution in [3.63, 3.8) is 0 Å². The van der Waals surface area contributed by atoms with E-state index < -0.39 is 12.1 Å². The number of rotatable bonds is 7. The van der Waals surface area contributed by atoms with Gasteiger partial charge in [-0.1, -0.05) is 35.9 Å². The molecule has 186 valence electrons. The Morgan fingerprint density at radius 3 is 2.81 bits per heavy atom. The van der Waals surface area contributed by atoms with Crippen LogP contribution in [0.25, 0.3) is 33.5 Å². The van der Waals surface area contributed by atoms with Crippen molar-refractivity contribution in [2.75, 3.05) is 6.61 Å². The first-order valence-corrected chi connectivity index (χ1v) is 12.0.